The highest BCUT2D eigenvalue weighted by molar-refractivity contribution is 5.97. The summed E-state index contributed by atoms with van der Waals surface area (Å²) in [5, 5.41) is 20.4. The summed E-state index contributed by atoms with van der Waals surface area (Å²) in [6.45, 7) is 0.309. The normalized spacial score (nSPS) is 18.8. The number of aromatic hydroxyl groups is 2. The van der Waals surface area contributed by atoms with Gasteiger partial charge in [-0.25, -0.2) is 4.79 Å². The number of carbonyl (C=O) groups is 1. The van der Waals surface area contributed by atoms with Crippen molar-refractivity contribution >= 4 is 5.97 Å². The SMILES string of the molecule is NCCc1c(O)ccc2c1Oc1cc(O)ccc1C21OC(=O)c2ccccc21. The fraction of sp³-hybridized carbons (Fsp3) is 0.136. The molecule has 1 atom stereocenters. The summed E-state index contributed by atoms with van der Waals surface area (Å²) in [4.78, 5) is 12.7. The van der Waals surface area contributed by atoms with Crippen LogP contribution in [-0.4, -0.2) is 22.7 Å². The monoisotopic (exact) mass is 375 g/mol. The molecular weight excluding hydrogens is 358 g/mol. The van der Waals surface area contributed by atoms with Crippen molar-refractivity contribution in [3.8, 4) is 23.0 Å². The van der Waals surface area contributed by atoms with Crippen LogP contribution >= 0.6 is 0 Å². The minimum atomic E-state index is -1.22. The number of hydrogen-bond donors (Lipinski definition) is 3. The van der Waals surface area contributed by atoms with Crippen LogP contribution in [0.25, 0.3) is 0 Å². The molecule has 140 valence electrons. The predicted molar refractivity (Wildman–Crippen MR) is 101 cm³/mol. The van der Waals surface area contributed by atoms with Gasteiger partial charge in [-0.05, 0) is 43.3 Å². The molecule has 5 rings (SSSR count). The number of esters is 1. The molecule has 28 heavy (non-hydrogen) atoms. The third-order valence-electron chi connectivity index (χ3n) is 5.34. The topological polar surface area (TPSA) is 102 Å². The zero-order valence-electron chi connectivity index (χ0n) is 14.8. The minimum Gasteiger partial charge on any atom is -0.508 e. The molecule has 0 saturated carbocycles. The number of benzene rings is 3. The number of hydrogen-bond acceptors (Lipinski definition) is 6. The van der Waals surface area contributed by atoms with E-state index in [4.69, 9.17) is 15.2 Å². The zero-order chi connectivity index (χ0) is 19.5. The van der Waals surface area contributed by atoms with Gasteiger partial charge in [-0.15, -0.1) is 0 Å². The van der Waals surface area contributed by atoms with Gasteiger partial charge in [0.05, 0.1) is 5.56 Å². The summed E-state index contributed by atoms with van der Waals surface area (Å²) in [5.74, 6) is 0.404. The Kier molecular flexibility index (Phi) is 3.41. The standard InChI is InChI=1S/C22H17NO5/c23-10-9-14-18(25)8-7-17-20(14)27-19-11-12(24)5-6-16(19)22(17)15-4-2-1-3-13(15)21(26)28-22/h1-8,11,24-25H,9-10,23H2. The van der Waals surface area contributed by atoms with Gasteiger partial charge in [-0.2, -0.15) is 0 Å². The van der Waals surface area contributed by atoms with Crippen molar-refractivity contribution in [2.24, 2.45) is 5.73 Å². The van der Waals surface area contributed by atoms with Gasteiger partial charge in [0.25, 0.3) is 0 Å². The maximum Gasteiger partial charge on any atom is 0.340 e. The second-order valence-electron chi connectivity index (χ2n) is 6.88. The molecular formula is C22H17NO5. The van der Waals surface area contributed by atoms with E-state index in [0.29, 0.717) is 52.3 Å². The molecule has 0 saturated heterocycles. The molecule has 0 aliphatic carbocycles. The van der Waals surface area contributed by atoms with Gasteiger partial charge in [-0.3, -0.25) is 0 Å². The first-order valence-corrected chi connectivity index (χ1v) is 8.96. The average molecular weight is 375 g/mol. The maximum absolute atomic E-state index is 12.7. The first kappa shape index (κ1) is 16.6. The van der Waals surface area contributed by atoms with E-state index >= 15 is 0 Å². The fourth-order valence-electron chi connectivity index (χ4n) is 4.16. The highest BCUT2D eigenvalue weighted by Crippen LogP contribution is 2.58. The number of nitrogens with two attached hydrogens (primary N) is 1. The van der Waals surface area contributed by atoms with Crippen LogP contribution in [0.15, 0.2) is 54.6 Å². The summed E-state index contributed by atoms with van der Waals surface area (Å²) >= 11 is 0. The van der Waals surface area contributed by atoms with Gasteiger partial charge in [0, 0.05) is 28.3 Å². The van der Waals surface area contributed by atoms with Crippen molar-refractivity contribution < 1.29 is 24.5 Å². The van der Waals surface area contributed by atoms with Crippen molar-refractivity contribution in [2.45, 2.75) is 12.0 Å². The second kappa shape index (κ2) is 5.74. The third-order valence-corrected chi connectivity index (χ3v) is 5.34. The van der Waals surface area contributed by atoms with Crippen molar-refractivity contribution in [1.82, 2.24) is 0 Å². The molecule has 2 heterocycles. The molecule has 1 unspecified atom stereocenters. The van der Waals surface area contributed by atoms with E-state index in [1.807, 2.05) is 12.1 Å². The highest BCUT2D eigenvalue weighted by Gasteiger charge is 2.54. The molecule has 6 nitrogen and oxygen atoms in total. The highest BCUT2D eigenvalue weighted by atomic mass is 16.6. The lowest BCUT2D eigenvalue weighted by atomic mass is 9.77. The van der Waals surface area contributed by atoms with Crippen LogP contribution < -0.4 is 10.5 Å². The Morgan fingerprint density at radius 3 is 2.57 bits per heavy atom. The van der Waals surface area contributed by atoms with Gasteiger partial charge in [0.1, 0.15) is 23.0 Å². The lowest BCUT2D eigenvalue weighted by Gasteiger charge is -2.37. The van der Waals surface area contributed by atoms with E-state index in [9.17, 15) is 15.0 Å². The predicted octanol–water partition coefficient (Wildman–Crippen LogP) is 3.17. The number of fused-ring (bicyclic) bond motifs is 6. The van der Waals surface area contributed by atoms with Crippen LogP contribution in [0.3, 0.4) is 0 Å². The van der Waals surface area contributed by atoms with E-state index in [0.717, 1.165) is 0 Å². The number of phenols is 2. The van der Waals surface area contributed by atoms with Crippen LogP contribution in [0.5, 0.6) is 23.0 Å². The third kappa shape index (κ3) is 2.03. The van der Waals surface area contributed by atoms with Gasteiger partial charge in [0.2, 0.25) is 0 Å². The minimum absolute atomic E-state index is 0.0236. The largest absolute Gasteiger partial charge is 0.508 e. The van der Waals surface area contributed by atoms with Crippen LogP contribution in [-0.2, 0) is 16.8 Å². The molecule has 4 N–H and O–H groups in total. The number of phenolic OH excluding ortho intramolecular Hbond substituents is 2. The van der Waals surface area contributed by atoms with Gasteiger partial charge < -0.3 is 25.4 Å². The van der Waals surface area contributed by atoms with E-state index in [-0.39, 0.29) is 11.5 Å². The van der Waals surface area contributed by atoms with E-state index in [2.05, 4.69) is 0 Å². The van der Waals surface area contributed by atoms with Crippen molar-refractivity contribution in [1.29, 1.82) is 0 Å². The quantitative estimate of drug-likeness (QED) is 0.595. The summed E-state index contributed by atoms with van der Waals surface area (Å²) < 4.78 is 12.1. The number of rotatable bonds is 2. The maximum atomic E-state index is 12.7. The van der Waals surface area contributed by atoms with Crippen LogP contribution in [0.1, 0.15) is 32.6 Å². The summed E-state index contributed by atoms with van der Waals surface area (Å²) in [6, 6.07) is 15.2. The molecule has 0 bridgehead atoms. The van der Waals surface area contributed by atoms with Gasteiger partial charge >= 0.3 is 5.97 Å². The Morgan fingerprint density at radius 2 is 1.75 bits per heavy atom. The molecule has 0 aromatic heterocycles. The van der Waals surface area contributed by atoms with Crippen LogP contribution in [0.4, 0.5) is 0 Å². The summed E-state index contributed by atoms with van der Waals surface area (Å²) in [5.41, 5.74) is 7.45. The Hall–Kier alpha value is -3.51. The van der Waals surface area contributed by atoms with Crippen molar-refractivity contribution in [3.05, 3.63) is 82.4 Å². The summed E-state index contributed by atoms with van der Waals surface area (Å²) in [6.07, 6.45) is 0.384. The molecule has 0 radical (unpaired) electrons. The molecule has 3 aromatic rings. The first-order valence-electron chi connectivity index (χ1n) is 8.96. The van der Waals surface area contributed by atoms with E-state index in [1.165, 1.54) is 12.1 Å². The van der Waals surface area contributed by atoms with Gasteiger partial charge in [0.15, 0.2) is 5.60 Å². The first-order chi connectivity index (χ1) is 13.6. The molecule has 0 fully saturated rings. The molecule has 3 aromatic carbocycles. The second-order valence-corrected chi connectivity index (χ2v) is 6.88. The Bertz CT molecular complexity index is 1140. The zero-order valence-corrected chi connectivity index (χ0v) is 14.8. The Morgan fingerprint density at radius 1 is 0.964 bits per heavy atom. The number of ether oxygens (including phenoxy) is 2. The van der Waals surface area contributed by atoms with Crippen LogP contribution in [0.2, 0.25) is 0 Å². The summed E-state index contributed by atoms with van der Waals surface area (Å²) in [7, 11) is 0. The van der Waals surface area contributed by atoms with E-state index < -0.39 is 11.6 Å². The molecule has 1 spiro atoms. The molecule has 2 aliphatic rings. The van der Waals surface area contributed by atoms with Gasteiger partial charge in [-0.1, -0.05) is 18.2 Å². The number of carbonyl (C=O) groups excluding carboxylic acids is 1. The molecule has 6 heteroatoms. The molecule has 2 aliphatic heterocycles. The Labute approximate surface area is 160 Å². The van der Waals surface area contributed by atoms with E-state index in [1.54, 1.807) is 30.3 Å². The van der Waals surface area contributed by atoms with Crippen LogP contribution in [0, 0.1) is 0 Å². The smallest absolute Gasteiger partial charge is 0.340 e. The molecule has 0 amide bonds. The fourth-order valence-corrected chi connectivity index (χ4v) is 4.16. The van der Waals surface area contributed by atoms with Crippen molar-refractivity contribution in [3.63, 3.8) is 0 Å². The lowest BCUT2D eigenvalue weighted by molar-refractivity contribution is 0.0223. The van der Waals surface area contributed by atoms with Crippen molar-refractivity contribution in [2.75, 3.05) is 6.54 Å². The lowest BCUT2D eigenvalue weighted by Crippen LogP contribution is -2.33. The average Bonchev–Trinajstić information content (AvgIpc) is 2.98. The Balaban J connectivity index is 1.90.